The number of carbonyl (C=O) groups excluding carboxylic acids is 1. The number of ether oxygens (including phenoxy) is 1. The molecule has 1 aromatic rings. The largest absolute Gasteiger partial charge is 0.508 e. The van der Waals surface area contributed by atoms with Crippen LogP contribution in [0.1, 0.15) is 23.7 Å². The summed E-state index contributed by atoms with van der Waals surface area (Å²) in [6, 6.07) is 4.17. The van der Waals surface area contributed by atoms with E-state index in [1.54, 1.807) is 0 Å². The first-order valence-electron chi connectivity index (χ1n) is 4.40. The monoisotopic (exact) mass is 195 g/mol. The van der Waals surface area contributed by atoms with Crippen LogP contribution in [0.3, 0.4) is 0 Å². The summed E-state index contributed by atoms with van der Waals surface area (Å²) in [6.45, 7) is 2.28. The third-order valence-corrected chi connectivity index (χ3v) is 1.69. The number of hydrogen-bond donors (Lipinski definition) is 2. The second-order valence-corrected chi connectivity index (χ2v) is 2.91. The summed E-state index contributed by atoms with van der Waals surface area (Å²) >= 11 is 0. The topological polar surface area (TPSA) is 72.5 Å². The zero-order valence-corrected chi connectivity index (χ0v) is 7.99. The molecule has 0 aromatic heterocycles. The Morgan fingerprint density at radius 3 is 2.86 bits per heavy atom. The van der Waals surface area contributed by atoms with E-state index in [0.717, 1.165) is 6.42 Å². The second-order valence-electron chi connectivity index (χ2n) is 2.91. The zero-order chi connectivity index (χ0) is 10.6. The van der Waals surface area contributed by atoms with Crippen LogP contribution in [0.5, 0.6) is 5.75 Å². The van der Waals surface area contributed by atoms with E-state index in [-0.39, 0.29) is 17.0 Å². The molecule has 0 aliphatic rings. The van der Waals surface area contributed by atoms with Crippen LogP contribution >= 0.6 is 0 Å². The van der Waals surface area contributed by atoms with Crippen molar-refractivity contribution in [3.8, 4) is 5.75 Å². The van der Waals surface area contributed by atoms with E-state index in [0.29, 0.717) is 6.61 Å². The van der Waals surface area contributed by atoms with Gasteiger partial charge in [0.25, 0.3) is 0 Å². The smallest absolute Gasteiger partial charge is 0.340 e. The van der Waals surface area contributed by atoms with Crippen molar-refractivity contribution in [2.75, 3.05) is 12.3 Å². The van der Waals surface area contributed by atoms with Crippen LogP contribution < -0.4 is 5.73 Å². The van der Waals surface area contributed by atoms with Crippen molar-refractivity contribution >= 4 is 11.7 Å². The molecular weight excluding hydrogens is 182 g/mol. The Kier molecular flexibility index (Phi) is 3.34. The Hall–Kier alpha value is -1.71. The first-order valence-corrected chi connectivity index (χ1v) is 4.40. The average Bonchev–Trinajstić information content (AvgIpc) is 2.14. The highest BCUT2D eigenvalue weighted by Gasteiger charge is 2.10. The standard InChI is InChI=1S/C10H13NO3/c1-2-5-14-10(13)8-4-3-7(12)6-9(8)11/h3-4,6,12H,2,5,11H2,1H3. The molecule has 4 nitrogen and oxygen atoms in total. The highest BCUT2D eigenvalue weighted by Crippen LogP contribution is 2.19. The minimum absolute atomic E-state index is 0.0366. The minimum Gasteiger partial charge on any atom is -0.508 e. The molecule has 0 atom stereocenters. The fraction of sp³-hybridized carbons (Fsp3) is 0.300. The van der Waals surface area contributed by atoms with Crippen LogP contribution in [0.2, 0.25) is 0 Å². The normalized spacial score (nSPS) is 9.79. The Labute approximate surface area is 82.3 Å². The molecule has 0 amide bonds. The average molecular weight is 195 g/mol. The van der Waals surface area contributed by atoms with E-state index >= 15 is 0 Å². The SMILES string of the molecule is CCCOC(=O)c1ccc(O)cc1N. The van der Waals surface area contributed by atoms with Crippen LogP contribution in [0.4, 0.5) is 5.69 Å². The molecule has 3 N–H and O–H groups in total. The van der Waals surface area contributed by atoms with Gasteiger partial charge in [-0.15, -0.1) is 0 Å². The van der Waals surface area contributed by atoms with Gasteiger partial charge in [0, 0.05) is 11.8 Å². The summed E-state index contributed by atoms with van der Waals surface area (Å²) in [5.41, 5.74) is 6.05. The molecule has 0 saturated heterocycles. The number of nitrogens with two attached hydrogens (primary N) is 1. The molecule has 0 spiro atoms. The first kappa shape index (κ1) is 10.4. The predicted octanol–water partition coefficient (Wildman–Crippen LogP) is 1.54. The maximum atomic E-state index is 11.4. The summed E-state index contributed by atoms with van der Waals surface area (Å²) in [4.78, 5) is 11.4. The number of esters is 1. The van der Waals surface area contributed by atoms with Crippen molar-refractivity contribution in [2.24, 2.45) is 0 Å². The van der Waals surface area contributed by atoms with Gasteiger partial charge in [0.2, 0.25) is 0 Å². The minimum atomic E-state index is -0.454. The fourth-order valence-electron chi connectivity index (χ4n) is 1.01. The number of aromatic hydroxyl groups is 1. The van der Waals surface area contributed by atoms with Crippen molar-refractivity contribution in [3.63, 3.8) is 0 Å². The molecule has 0 aliphatic carbocycles. The van der Waals surface area contributed by atoms with Gasteiger partial charge < -0.3 is 15.6 Å². The number of phenolic OH excluding ortho intramolecular Hbond substituents is 1. The van der Waals surface area contributed by atoms with Gasteiger partial charge in [0.15, 0.2) is 0 Å². The number of phenols is 1. The molecule has 0 unspecified atom stereocenters. The van der Waals surface area contributed by atoms with Crippen molar-refractivity contribution < 1.29 is 14.6 Å². The van der Waals surface area contributed by atoms with Gasteiger partial charge in [0.05, 0.1) is 12.2 Å². The summed E-state index contributed by atoms with van der Waals surface area (Å²) in [5, 5.41) is 9.06. The van der Waals surface area contributed by atoms with Crippen LogP contribution in [-0.4, -0.2) is 17.7 Å². The van der Waals surface area contributed by atoms with Gasteiger partial charge in [-0.05, 0) is 18.6 Å². The van der Waals surface area contributed by atoms with E-state index < -0.39 is 5.97 Å². The van der Waals surface area contributed by atoms with Crippen molar-refractivity contribution in [1.82, 2.24) is 0 Å². The molecule has 0 bridgehead atoms. The third kappa shape index (κ3) is 2.39. The van der Waals surface area contributed by atoms with E-state index in [4.69, 9.17) is 15.6 Å². The second kappa shape index (κ2) is 4.50. The molecule has 0 fully saturated rings. The summed E-state index contributed by atoms with van der Waals surface area (Å²) in [5.74, 6) is -0.418. The lowest BCUT2D eigenvalue weighted by Crippen LogP contribution is -2.08. The summed E-state index contributed by atoms with van der Waals surface area (Å²) in [7, 11) is 0. The van der Waals surface area contributed by atoms with Gasteiger partial charge in [-0.2, -0.15) is 0 Å². The first-order chi connectivity index (χ1) is 6.65. The number of hydrogen-bond acceptors (Lipinski definition) is 4. The zero-order valence-electron chi connectivity index (χ0n) is 7.99. The number of carbonyl (C=O) groups is 1. The molecular formula is C10H13NO3. The summed E-state index contributed by atoms with van der Waals surface area (Å²) in [6.07, 6.45) is 0.768. The molecule has 4 heteroatoms. The van der Waals surface area contributed by atoms with E-state index in [1.165, 1.54) is 18.2 Å². The Bertz CT molecular complexity index is 336. The van der Waals surface area contributed by atoms with Crippen LogP contribution in [0, 0.1) is 0 Å². The van der Waals surface area contributed by atoms with Gasteiger partial charge in [0.1, 0.15) is 5.75 Å². The molecule has 1 aromatic carbocycles. The van der Waals surface area contributed by atoms with Crippen molar-refractivity contribution in [3.05, 3.63) is 23.8 Å². The van der Waals surface area contributed by atoms with E-state index in [2.05, 4.69) is 0 Å². The highest BCUT2D eigenvalue weighted by molar-refractivity contribution is 5.95. The molecule has 0 saturated carbocycles. The lowest BCUT2D eigenvalue weighted by molar-refractivity contribution is 0.0506. The molecule has 1 rings (SSSR count). The number of anilines is 1. The quantitative estimate of drug-likeness (QED) is 0.566. The number of rotatable bonds is 3. The van der Waals surface area contributed by atoms with Crippen LogP contribution in [0.15, 0.2) is 18.2 Å². The van der Waals surface area contributed by atoms with Gasteiger partial charge in [-0.1, -0.05) is 6.92 Å². The third-order valence-electron chi connectivity index (χ3n) is 1.69. The highest BCUT2D eigenvalue weighted by atomic mass is 16.5. The van der Waals surface area contributed by atoms with E-state index in [1.807, 2.05) is 6.92 Å². The van der Waals surface area contributed by atoms with Crippen molar-refractivity contribution in [2.45, 2.75) is 13.3 Å². The molecule has 14 heavy (non-hydrogen) atoms. The van der Waals surface area contributed by atoms with Gasteiger partial charge in [-0.25, -0.2) is 4.79 Å². The lowest BCUT2D eigenvalue weighted by atomic mass is 10.2. The molecule has 76 valence electrons. The Morgan fingerprint density at radius 2 is 2.29 bits per heavy atom. The summed E-state index contributed by atoms with van der Waals surface area (Å²) < 4.78 is 4.90. The molecule has 0 radical (unpaired) electrons. The van der Waals surface area contributed by atoms with Gasteiger partial charge in [-0.3, -0.25) is 0 Å². The maximum absolute atomic E-state index is 11.4. The Balaban J connectivity index is 2.80. The van der Waals surface area contributed by atoms with Crippen LogP contribution in [0.25, 0.3) is 0 Å². The predicted molar refractivity (Wildman–Crippen MR) is 53.1 cm³/mol. The van der Waals surface area contributed by atoms with Crippen LogP contribution in [-0.2, 0) is 4.74 Å². The maximum Gasteiger partial charge on any atom is 0.340 e. The lowest BCUT2D eigenvalue weighted by Gasteiger charge is -2.05. The fourth-order valence-corrected chi connectivity index (χ4v) is 1.01. The number of nitrogen functional groups attached to an aromatic ring is 1. The Morgan fingerprint density at radius 1 is 1.57 bits per heavy atom. The van der Waals surface area contributed by atoms with Crippen molar-refractivity contribution in [1.29, 1.82) is 0 Å². The molecule has 0 aliphatic heterocycles. The van der Waals surface area contributed by atoms with E-state index in [9.17, 15) is 4.79 Å². The van der Waals surface area contributed by atoms with Gasteiger partial charge >= 0.3 is 5.97 Å². The number of benzene rings is 1. The molecule has 0 heterocycles.